The normalized spacial score (nSPS) is 12.2. The molecule has 0 saturated carbocycles. The van der Waals surface area contributed by atoms with Crippen LogP contribution < -0.4 is 5.32 Å². The molecule has 80 valence electrons. The number of benzene rings is 1. The molecule has 1 nitrogen and oxygen atoms in total. The van der Waals surface area contributed by atoms with E-state index in [1.807, 2.05) is 19.1 Å². The van der Waals surface area contributed by atoms with Crippen LogP contribution in [-0.4, -0.2) is 6.54 Å². The van der Waals surface area contributed by atoms with E-state index in [-0.39, 0.29) is 11.9 Å². The molecule has 0 aliphatic carbocycles. The Bertz CT molecular complexity index is 367. The molecule has 0 amide bonds. The third-order valence-electron chi connectivity index (χ3n) is 2.47. The van der Waals surface area contributed by atoms with Gasteiger partial charge in [-0.2, -0.15) is 0 Å². The summed E-state index contributed by atoms with van der Waals surface area (Å²) < 4.78 is 13.4. The first-order valence-corrected chi connectivity index (χ1v) is 4.99. The lowest BCUT2D eigenvalue weighted by atomic mass is 10.0. The Labute approximate surface area is 90.7 Å². The van der Waals surface area contributed by atoms with Gasteiger partial charge in [0.05, 0.1) is 6.54 Å². The minimum atomic E-state index is -0.122. The maximum atomic E-state index is 13.4. The Balaban J connectivity index is 2.91. The second kappa shape index (κ2) is 4.95. The van der Waals surface area contributed by atoms with E-state index in [2.05, 4.69) is 11.2 Å². The number of rotatable bonds is 3. The van der Waals surface area contributed by atoms with Crippen LogP contribution >= 0.6 is 0 Å². The predicted molar refractivity (Wildman–Crippen MR) is 61.1 cm³/mol. The van der Waals surface area contributed by atoms with E-state index in [9.17, 15) is 4.39 Å². The second-order valence-corrected chi connectivity index (χ2v) is 3.78. The van der Waals surface area contributed by atoms with Crippen molar-refractivity contribution in [2.45, 2.75) is 26.8 Å². The highest BCUT2D eigenvalue weighted by Gasteiger charge is 2.08. The van der Waals surface area contributed by atoms with E-state index in [4.69, 9.17) is 6.42 Å². The fraction of sp³-hybridized carbons (Fsp3) is 0.385. The van der Waals surface area contributed by atoms with Crippen molar-refractivity contribution in [2.24, 2.45) is 0 Å². The van der Waals surface area contributed by atoms with Crippen LogP contribution in [0.2, 0.25) is 0 Å². The lowest BCUT2D eigenvalue weighted by molar-refractivity contribution is 0.595. The Morgan fingerprint density at radius 1 is 1.40 bits per heavy atom. The first kappa shape index (κ1) is 11.7. The molecule has 0 fully saturated rings. The van der Waals surface area contributed by atoms with Crippen molar-refractivity contribution in [3.05, 3.63) is 34.6 Å². The van der Waals surface area contributed by atoms with Gasteiger partial charge in [0, 0.05) is 6.04 Å². The summed E-state index contributed by atoms with van der Waals surface area (Å²) in [6.45, 7) is 6.10. The summed E-state index contributed by atoms with van der Waals surface area (Å²) >= 11 is 0. The van der Waals surface area contributed by atoms with Crippen LogP contribution in [0.15, 0.2) is 12.1 Å². The summed E-state index contributed by atoms with van der Waals surface area (Å²) in [7, 11) is 0. The van der Waals surface area contributed by atoms with Crippen molar-refractivity contribution in [2.75, 3.05) is 6.54 Å². The molecule has 0 heterocycles. The van der Waals surface area contributed by atoms with E-state index in [1.165, 1.54) is 0 Å². The number of nitrogens with one attached hydrogen (secondary N) is 1. The molecule has 2 heteroatoms. The Morgan fingerprint density at radius 3 is 2.40 bits per heavy atom. The van der Waals surface area contributed by atoms with Crippen LogP contribution in [0.5, 0.6) is 0 Å². The maximum Gasteiger partial charge on any atom is 0.129 e. The number of aryl methyl sites for hydroxylation is 2. The molecule has 0 aliphatic rings. The van der Waals surface area contributed by atoms with Crippen molar-refractivity contribution < 1.29 is 4.39 Å². The Kier molecular flexibility index (Phi) is 3.88. The standard InChI is InChI=1S/C13H16FN/c1-5-6-15-11(4)12-7-9(2)13(14)10(3)8-12/h1,7-8,11,15H,6H2,2-4H3. The average molecular weight is 205 g/mol. The number of hydrogen-bond donors (Lipinski definition) is 1. The lowest BCUT2D eigenvalue weighted by Crippen LogP contribution is -2.19. The van der Waals surface area contributed by atoms with Gasteiger partial charge in [-0.3, -0.25) is 5.32 Å². The van der Waals surface area contributed by atoms with Crippen LogP contribution in [0.4, 0.5) is 4.39 Å². The topological polar surface area (TPSA) is 12.0 Å². The summed E-state index contributed by atoms with van der Waals surface area (Å²) in [5.41, 5.74) is 2.43. The zero-order valence-corrected chi connectivity index (χ0v) is 9.39. The summed E-state index contributed by atoms with van der Waals surface area (Å²) in [4.78, 5) is 0. The molecular weight excluding hydrogens is 189 g/mol. The lowest BCUT2D eigenvalue weighted by Gasteiger charge is -2.14. The SMILES string of the molecule is C#CCNC(C)c1cc(C)c(F)c(C)c1. The van der Waals surface area contributed by atoms with Crippen LogP contribution in [0, 0.1) is 32.0 Å². The molecule has 15 heavy (non-hydrogen) atoms. The fourth-order valence-electron chi connectivity index (χ4n) is 1.56. The van der Waals surface area contributed by atoms with Crippen LogP contribution in [-0.2, 0) is 0 Å². The molecule has 1 aromatic carbocycles. The van der Waals surface area contributed by atoms with Gasteiger partial charge in [-0.25, -0.2) is 4.39 Å². The molecule has 0 spiro atoms. The minimum absolute atomic E-state index is 0.122. The van der Waals surface area contributed by atoms with Gasteiger partial charge < -0.3 is 0 Å². The van der Waals surface area contributed by atoms with Gasteiger partial charge in [0.15, 0.2) is 0 Å². The van der Waals surface area contributed by atoms with Crippen LogP contribution in [0.1, 0.15) is 29.7 Å². The first-order valence-electron chi connectivity index (χ1n) is 4.99. The number of hydrogen-bond acceptors (Lipinski definition) is 1. The van der Waals surface area contributed by atoms with Gasteiger partial charge in [-0.15, -0.1) is 6.42 Å². The zero-order chi connectivity index (χ0) is 11.4. The zero-order valence-electron chi connectivity index (χ0n) is 9.39. The van der Waals surface area contributed by atoms with Crippen molar-refractivity contribution in [1.29, 1.82) is 0 Å². The third-order valence-corrected chi connectivity index (χ3v) is 2.47. The monoisotopic (exact) mass is 205 g/mol. The van der Waals surface area contributed by atoms with E-state index < -0.39 is 0 Å². The summed E-state index contributed by atoms with van der Waals surface area (Å²) in [6.07, 6.45) is 5.17. The minimum Gasteiger partial charge on any atom is -0.300 e. The molecule has 1 N–H and O–H groups in total. The van der Waals surface area contributed by atoms with Gasteiger partial charge in [0.25, 0.3) is 0 Å². The highest BCUT2D eigenvalue weighted by molar-refractivity contribution is 5.32. The molecule has 0 radical (unpaired) electrons. The molecule has 1 aromatic rings. The first-order chi connectivity index (χ1) is 7.06. The molecule has 0 aliphatic heterocycles. The van der Waals surface area contributed by atoms with E-state index in [1.54, 1.807) is 13.8 Å². The van der Waals surface area contributed by atoms with E-state index in [0.29, 0.717) is 17.7 Å². The van der Waals surface area contributed by atoms with Crippen LogP contribution in [0.3, 0.4) is 0 Å². The molecule has 0 saturated heterocycles. The average Bonchev–Trinajstić information content (AvgIpc) is 2.21. The quantitative estimate of drug-likeness (QED) is 0.748. The van der Waals surface area contributed by atoms with Crippen LogP contribution in [0.25, 0.3) is 0 Å². The summed E-state index contributed by atoms with van der Waals surface area (Å²) in [6, 6.07) is 3.87. The Hall–Kier alpha value is -1.33. The molecule has 1 unspecified atom stereocenters. The van der Waals surface area contributed by atoms with Crippen molar-refractivity contribution in [1.82, 2.24) is 5.32 Å². The molecule has 1 rings (SSSR count). The number of halogens is 1. The van der Waals surface area contributed by atoms with Crippen molar-refractivity contribution in [3.63, 3.8) is 0 Å². The fourth-order valence-corrected chi connectivity index (χ4v) is 1.56. The van der Waals surface area contributed by atoms with Crippen molar-refractivity contribution in [3.8, 4) is 12.3 Å². The molecule has 0 bridgehead atoms. The second-order valence-electron chi connectivity index (χ2n) is 3.78. The predicted octanol–water partition coefficient (Wildman–Crippen LogP) is 2.73. The maximum absolute atomic E-state index is 13.4. The highest BCUT2D eigenvalue weighted by atomic mass is 19.1. The van der Waals surface area contributed by atoms with Gasteiger partial charge in [0.1, 0.15) is 5.82 Å². The molecule has 1 atom stereocenters. The van der Waals surface area contributed by atoms with E-state index >= 15 is 0 Å². The smallest absolute Gasteiger partial charge is 0.129 e. The molecular formula is C13H16FN. The van der Waals surface area contributed by atoms with Gasteiger partial charge in [-0.1, -0.05) is 18.1 Å². The van der Waals surface area contributed by atoms with Gasteiger partial charge in [0.2, 0.25) is 0 Å². The van der Waals surface area contributed by atoms with Gasteiger partial charge >= 0.3 is 0 Å². The van der Waals surface area contributed by atoms with Gasteiger partial charge in [-0.05, 0) is 37.5 Å². The van der Waals surface area contributed by atoms with Crippen molar-refractivity contribution >= 4 is 0 Å². The molecule has 0 aromatic heterocycles. The number of terminal acetylenes is 1. The summed E-state index contributed by atoms with van der Waals surface area (Å²) in [5.74, 6) is 2.40. The summed E-state index contributed by atoms with van der Waals surface area (Å²) in [5, 5.41) is 3.16. The van der Waals surface area contributed by atoms with E-state index in [0.717, 1.165) is 5.56 Å². The Morgan fingerprint density at radius 2 is 1.93 bits per heavy atom. The highest BCUT2D eigenvalue weighted by Crippen LogP contribution is 2.19. The largest absolute Gasteiger partial charge is 0.300 e. The third kappa shape index (κ3) is 2.81.